The van der Waals surface area contributed by atoms with Gasteiger partial charge in [-0.25, -0.2) is 4.98 Å². The summed E-state index contributed by atoms with van der Waals surface area (Å²) in [5.74, 6) is 0.755. The molecule has 0 aliphatic carbocycles. The van der Waals surface area contributed by atoms with Crippen molar-refractivity contribution >= 4 is 28.2 Å². The highest BCUT2D eigenvalue weighted by molar-refractivity contribution is 7.13. The number of piperidine rings is 1. The van der Waals surface area contributed by atoms with Gasteiger partial charge in [-0.15, -0.1) is 11.3 Å². The van der Waals surface area contributed by atoms with Crippen molar-refractivity contribution in [2.75, 3.05) is 29.5 Å². The van der Waals surface area contributed by atoms with E-state index in [-0.39, 0.29) is 16.9 Å². The van der Waals surface area contributed by atoms with Crippen LogP contribution in [0.2, 0.25) is 0 Å². The van der Waals surface area contributed by atoms with E-state index >= 15 is 0 Å². The van der Waals surface area contributed by atoms with Gasteiger partial charge in [0.15, 0.2) is 5.13 Å². The molecule has 8 heteroatoms. The smallest absolute Gasteiger partial charge is 0.254 e. The van der Waals surface area contributed by atoms with E-state index in [0.717, 1.165) is 31.6 Å². The van der Waals surface area contributed by atoms with Crippen LogP contribution in [-0.2, 0) is 5.41 Å². The summed E-state index contributed by atoms with van der Waals surface area (Å²) in [6, 6.07) is 11.9. The van der Waals surface area contributed by atoms with Gasteiger partial charge in [-0.1, -0.05) is 30.3 Å². The number of aromatic nitrogens is 3. The molecule has 4 rings (SSSR count). The summed E-state index contributed by atoms with van der Waals surface area (Å²) in [7, 11) is 0. The molecule has 7 nitrogen and oxygen atoms in total. The van der Waals surface area contributed by atoms with Gasteiger partial charge in [0.2, 0.25) is 5.95 Å². The number of benzene rings is 1. The van der Waals surface area contributed by atoms with Gasteiger partial charge in [0, 0.05) is 30.0 Å². The summed E-state index contributed by atoms with van der Waals surface area (Å²) >= 11 is 1.47. The van der Waals surface area contributed by atoms with Crippen LogP contribution in [0.3, 0.4) is 0 Å². The summed E-state index contributed by atoms with van der Waals surface area (Å²) in [5, 5.41) is 2.64. The molecule has 26 heavy (non-hydrogen) atoms. The normalized spacial score (nSPS) is 16.5. The third kappa shape index (κ3) is 2.92. The molecule has 1 aliphatic heterocycles. The Morgan fingerprint density at radius 3 is 2.46 bits per heavy atom. The van der Waals surface area contributed by atoms with Gasteiger partial charge in [0.25, 0.3) is 5.56 Å². The van der Waals surface area contributed by atoms with Crippen molar-refractivity contribution in [2.45, 2.75) is 18.3 Å². The molecule has 134 valence electrons. The molecule has 0 unspecified atom stereocenters. The summed E-state index contributed by atoms with van der Waals surface area (Å²) < 4.78 is 0. The van der Waals surface area contributed by atoms with Gasteiger partial charge >= 0.3 is 0 Å². The number of hydrogen-bond acceptors (Lipinski definition) is 7. The maximum absolute atomic E-state index is 11.7. The highest BCUT2D eigenvalue weighted by Crippen LogP contribution is 2.42. The SMILES string of the molecule is Nc1nc(N2CCC(c3ccccc3)(c3csc(N)n3)CC2)cc(=O)[nH]1. The van der Waals surface area contributed by atoms with Crippen molar-refractivity contribution in [1.29, 1.82) is 0 Å². The van der Waals surface area contributed by atoms with Gasteiger partial charge in [-0.05, 0) is 18.4 Å². The van der Waals surface area contributed by atoms with Crippen molar-refractivity contribution in [3.8, 4) is 0 Å². The number of nitrogen functional groups attached to an aromatic ring is 2. The number of H-pyrrole nitrogens is 1. The maximum Gasteiger partial charge on any atom is 0.254 e. The van der Waals surface area contributed by atoms with Crippen LogP contribution in [0.5, 0.6) is 0 Å². The summed E-state index contributed by atoms with van der Waals surface area (Å²) in [6.07, 6.45) is 1.71. The predicted octanol–water partition coefficient (Wildman–Crippen LogP) is 1.98. The zero-order valence-electron chi connectivity index (χ0n) is 14.2. The Labute approximate surface area is 154 Å². The van der Waals surface area contributed by atoms with Crippen molar-refractivity contribution in [2.24, 2.45) is 0 Å². The first-order valence-electron chi connectivity index (χ1n) is 8.46. The molecule has 0 radical (unpaired) electrons. The van der Waals surface area contributed by atoms with E-state index in [4.69, 9.17) is 11.5 Å². The molecule has 3 heterocycles. The Balaban J connectivity index is 1.67. The number of anilines is 3. The molecule has 0 bridgehead atoms. The number of nitrogens with one attached hydrogen (secondary N) is 1. The van der Waals surface area contributed by atoms with E-state index in [1.165, 1.54) is 23.0 Å². The summed E-state index contributed by atoms with van der Waals surface area (Å²) in [6.45, 7) is 1.50. The second-order valence-corrected chi connectivity index (χ2v) is 7.38. The van der Waals surface area contributed by atoms with Crippen molar-refractivity contribution in [3.63, 3.8) is 0 Å². The van der Waals surface area contributed by atoms with E-state index < -0.39 is 0 Å². The molecule has 1 aliphatic rings. The topological polar surface area (TPSA) is 114 Å². The molecule has 3 aromatic rings. The van der Waals surface area contributed by atoms with Gasteiger partial charge in [-0.3, -0.25) is 9.78 Å². The molecular weight excluding hydrogens is 348 g/mol. The van der Waals surface area contributed by atoms with Gasteiger partial charge in [-0.2, -0.15) is 4.98 Å². The highest BCUT2D eigenvalue weighted by Gasteiger charge is 2.40. The third-order valence-corrected chi connectivity index (χ3v) is 5.70. The molecule has 1 fully saturated rings. The average molecular weight is 368 g/mol. The molecule has 5 N–H and O–H groups in total. The van der Waals surface area contributed by atoms with E-state index in [1.54, 1.807) is 0 Å². The first kappa shape index (κ1) is 16.6. The minimum Gasteiger partial charge on any atom is -0.375 e. The van der Waals surface area contributed by atoms with Crippen LogP contribution in [0.25, 0.3) is 0 Å². The number of aromatic amines is 1. The Kier molecular flexibility index (Phi) is 4.12. The third-order valence-electron chi connectivity index (χ3n) is 5.03. The Morgan fingerprint density at radius 1 is 1.12 bits per heavy atom. The summed E-state index contributed by atoms with van der Waals surface area (Å²) in [4.78, 5) is 25.1. The lowest BCUT2D eigenvalue weighted by Crippen LogP contribution is -2.44. The van der Waals surface area contributed by atoms with Crippen molar-refractivity contribution < 1.29 is 0 Å². The minimum atomic E-state index is -0.236. The monoisotopic (exact) mass is 368 g/mol. The fourth-order valence-electron chi connectivity index (χ4n) is 3.70. The van der Waals surface area contributed by atoms with Crippen molar-refractivity contribution in [3.05, 3.63) is 63.4 Å². The van der Waals surface area contributed by atoms with Gasteiger partial charge < -0.3 is 16.4 Å². The predicted molar refractivity (Wildman–Crippen MR) is 104 cm³/mol. The Bertz CT molecular complexity index is 959. The number of nitrogens with two attached hydrogens (primary N) is 2. The number of thiazole rings is 1. The standard InChI is InChI=1S/C18H20N6OS/c19-16-22-14(10-15(25)23-16)24-8-6-18(7-9-24,12-4-2-1-3-5-12)13-11-26-17(20)21-13/h1-5,10-11H,6-9H2,(H2,20,21)(H3,19,22,23,25). The summed E-state index contributed by atoms with van der Waals surface area (Å²) in [5.41, 5.74) is 13.4. The van der Waals surface area contributed by atoms with Crippen molar-refractivity contribution in [1.82, 2.24) is 15.0 Å². The first-order valence-corrected chi connectivity index (χ1v) is 9.34. The zero-order chi connectivity index (χ0) is 18.1. The molecule has 0 saturated carbocycles. The van der Waals surface area contributed by atoms with E-state index in [9.17, 15) is 4.79 Å². The Hall–Kier alpha value is -2.87. The zero-order valence-corrected chi connectivity index (χ0v) is 15.0. The lowest BCUT2D eigenvalue weighted by molar-refractivity contribution is 0.384. The quantitative estimate of drug-likeness (QED) is 0.651. The van der Waals surface area contributed by atoms with Crippen LogP contribution in [-0.4, -0.2) is 28.0 Å². The van der Waals surface area contributed by atoms with Gasteiger partial charge in [0.05, 0.1) is 5.69 Å². The second kappa shape index (κ2) is 6.45. The molecule has 1 saturated heterocycles. The second-order valence-electron chi connectivity index (χ2n) is 6.49. The van der Waals surface area contributed by atoms with Crippen LogP contribution in [0, 0.1) is 0 Å². The lowest BCUT2D eigenvalue weighted by atomic mass is 9.70. The number of nitrogens with zero attached hydrogens (tertiary/aromatic N) is 3. The molecule has 0 spiro atoms. The Morgan fingerprint density at radius 2 is 1.85 bits per heavy atom. The van der Waals surface area contributed by atoms with Crippen LogP contribution in [0.4, 0.5) is 16.9 Å². The van der Waals surface area contributed by atoms with E-state index in [0.29, 0.717) is 10.9 Å². The molecular formula is C18H20N6OS. The van der Waals surface area contributed by atoms with E-state index in [2.05, 4.69) is 49.5 Å². The average Bonchev–Trinajstić information content (AvgIpc) is 3.09. The van der Waals surface area contributed by atoms with E-state index in [1.807, 2.05) is 6.07 Å². The largest absolute Gasteiger partial charge is 0.375 e. The number of hydrogen-bond donors (Lipinski definition) is 3. The first-order chi connectivity index (χ1) is 12.6. The van der Waals surface area contributed by atoms with Crippen LogP contribution in [0.15, 0.2) is 46.6 Å². The fourth-order valence-corrected chi connectivity index (χ4v) is 4.36. The van der Waals surface area contributed by atoms with Crippen LogP contribution < -0.4 is 21.9 Å². The number of rotatable bonds is 3. The molecule has 1 aromatic carbocycles. The van der Waals surface area contributed by atoms with Gasteiger partial charge in [0.1, 0.15) is 5.82 Å². The molecule has 2 aromatic heterocycles. The maximum atomic E-state index is 11.7. The van der Waals surface area contributed by atoms with Crippen LogP contribution in [0.1, 0.15) is 24.1 Å². The molecule has 0 amide bonds. The lowest BCUT2D eigenvalue weighted by Gasteiger charge is -2.41. The highest BCUT2D eigenvalue weighted by atomic mass is 32.1. The van der Waals surface area contributed by atoms with Crippen LogP contribution >= 0.6 is 11.3 Å². The molecule has 0 atom stereocenters. The fraction of sp³-hybridized carbons (Fsp3) is 0.278. The minimum absolute atomic E-state index is 0.139.